The maximum Gasteiger partial charge on any atom is 0.343 e. The summed E-state index contributed by atoms with van der Waals surface area (Å²) >= 11 is 0. The van der Waals surface area contributed by atoms with Crippen molar-refractivity contribution >= 4 is 5.91 Å². The zero-order valence-corrected chi connectivity index (χ0v) is 13.2. The van der Waals surface area contributed by atoms with Gasteiger partial charge < -0.3 is 5.32 Å². The average molecular weight is 294 g/mol. The number of aromatic amines is 1. The van der Waals surface area contributed by atoms with Crippen LogP contribution in [-0.4, -0.2) is 27.2 Å². The lowest BCUT2D eigenvalue weighted by Gasteiger charge is -2.38. The molecule has 1 amide bonds. The summed E-state index contributed by atoms with van der Waals surface area (Å²) in [7, 11) is 0. The van der Waals surface area contributed by atoms with Gasteiger partial charge in [-0.3, -0.25) is 9.36 Å². The predicted octanol–water partition coefficient (Wildman–Crippen LogP) is 1.54. The summed E-state index contributed by atoms with van der Waals surface area (Å²) in [5, 5.41) is 9.03. The van der Waals surface area contributed by atoms with Crippen molar-refractivity contribution in [3.63, 3.8) is 0 Å². The predicted molar refractivity (Wildman–Crippen MR) is 80.8 cm³/mol. The molecule has 1 fully saturated rings. The van der Waals surface area contributed by atoms with E-state index in [0.29, 0.717) is 19.0 Å². The standard InChI is InChI=1S/C15H26N4O2/c1-11-7-12(9-15(2,3)8-11)13(20)16-5-4-6-19-10-17-18-14(19)21/h10-12H,4-9H2,1-3H3,(H,16,20)(H,18,21). The van der Waals surface area contributed by atoms with E-state index in [1.807, 2.05) is 0 Å². The van der Waals surface area contributed by atoms with Crippen LogP contribution in [-0.2, 0) is 11.3 Å². The van der Waals surface area contributed by atoms with E-state index in [0.717, 1.165) is 19.3 Å². The van der Waals surface area contributed by atoms with E-state index >= 15 is 0 Å². The van der Waals surface area contributed by atoms with Crippen molar-refractivity contribution in [2.24, 2.45) is 17.3 Å². The lowest BCUT2D eigenvalue weighted by atomic mass is 9.68. The van der Waals surface area contributed by atoms with Gasteiger partial charge in [-0.05, 0) is 37.0 Å². The van der Waals surface area contributed by atoms with Crippen LogP contribution in [0.15, 0.2) is 11.1 Å². The van der Waals surface area contributed by atoms with Crippen LogP contribution < -0.4 is 11.0 Å². The van der Waals surface area contributed by atoms with E-state index < -0.39 is 0 Å². The average Bonchev–Trinajstić information content (AvgIpc) is 2.77. The number of carbonyl (C=O) groups is 1. The van der Waals surface area contributed by atoms with E-state index in [1.54, 1.807) is 0 Å². The molecule has 2 unspecified atom stereocenters. The summed E-state index contributed by atoms with van der Waals surface area (Å²) in [4.78, 5) is 23.5. The molecule has 0 aliphatic heterocycles. The van der Waals surface area contributed by atoms with E-state index in [9.17, 15) is 9.59 Å². The molecule has 1 aromatic rings. The highest BCUT2D eigenvalue weighted by Gasteiger charge is 2.35. The molecule has 118 valence electrons. The first-order valence-corrected chi connectivity index (χ1v) is 7.75. The van der Waals surface area contributed by atoms with Crippen LogP contribution in [0.1, 0.15) is 46.5 Å². The third-order valence-electron chi connectivity index (χ3n) is 4.25. The van der Waals surface area contributed by atoms with Gasteiger partial charge >= 0.3 is 5.69 Å². The molecule has 6 nitrogen and oxygen atoms in total. The van der Waals surface area contributed by atoms with Crippen molar-refractivity contribution in [3.8, 4) is 0 Å². The Morgan fingerprint density at radius 3 is 2.90 bits per heavy atom. The highest BCUT2D eigenvalue weighted by atomic mass is 16.2. The second kappa shape index (κ2) is 6.45. The van der Waals surface area contributed by atoms with Gasteiger partial charge in [0.1, 0.15) is 6.33 Å². The third kappa shape index (κ3) is 4.44. The van der Waals surface area contributed by atoms with E-state index in [2.05, 4.69) is 36.3 Å². The SMILES string of the molecule is CC1CC(C(=O)NCCCn2cn[nH]c2=O)CC(C)(C)C1. The minimum absolute atomic E-state index is 0.125. The van der Waals surface area contributed by atoms with Gasteiger partial charge in [0.25, 0.3) is 0 Å². The molecular formula is C15H26N4O2. The number of amides is 1. The molecule has 1 aliphatic rings. The zero-order chi connectivity index (χ0) is 15.5. The number of H-pyrrole nitrogens is 1. The molecule has 0 spiro atoms. The highest BCUT2D eigenvalue weighted by molar-refractivity contribution is 5.78. The first kappa shape index (κ1) is 15.8. The molecule has 0 bridgehead atoms. The molecule has 0 saturated heterocycles. The van der Waals surface area contributed by atoms with Crippen molar-refractivity contribution < 1.29 is 4.79 Å². The summed E-state index contributed by atoms with van der Waals surface area (Å²) in [6.07, 6.45) is 5.35. The van der Waals surface area contributed by atoms with Gasteiger partial charge in [0.2, 0.25) is 5.91 Å². The van der Waals surface area contributed by atoms with Crippen molar-refractivity contribution in [3.05, 3.63) is 16.8 Å². The summed E-state index contributed by atoms with van der Waals surface area (Å²) in [6, 6.07) is 0. The number of aromatic nitrogens is 3. The minimum atomic E-state index is -0.204. The Hall–Kier alpha value is -1.59. The molecular weight excluding hydrogens is 268 g/mol. The van der Waals surface area contributed by atoms with Crippen molar-refractivity contribution in [1.82, 2.24) is 20.1 Å². The van der Waals surface area contributed by atoms with Crippen LogP contribution in [0, 0.1) is 17.3 Å². The topological polar surface area (TPSA) is 79.8 Å². The Morgan fingerprint density at radius 1 is 1.52 bits per heavy atom. The Bertz CT molecular complexity index is 532. The fourth-order valence-electron chi connectivity index (χ4n) is 3.58. The normalized spacial score (nSPS) is 24.7. The van der Waals surface area contributed by atoms with Crippen LogP contribution in [0.4, 0.5) is 0 Å². The smallest absolute Gasteiger partial charge is 0.343 e. The fourth-order valence-corrected chi connectivity index (χ4v) is 3.58. The molecule has 0 aromatic carbocycles. The number of hydrogen-bond acceptors (Lipinski definition) is 3. The van der Waals surface area contributed by atoms with Crippen molar-refractivity contribution in [2.75, 3.05) is 6.54 Å². The van der Waals surface area contributed by atoms with Crippen molar-refractivity contribution in [2.45, 2.75) is 53.0 Å². The van der Waals surface area contributed by atoms with E-state index in [4.69, 9.17) is 0 Å². The Balaban J connectivity index is 1.74. The number of aryl methyl sites for hydroxylation is 1. The van der Waals surface area contributed by atoms with Gasteiger partial charge in [-0.25, -0.2) is 9.89 Å². The van der Waals surface area contributed by atoms with E-state index in [1.165, 1.54) is 17.3 Å². The summed E-state index contributed by atoms with van der Waals surface area (Å²) in [5.41, 5.74) is 0.0493. The molecule has 2 rings (SSSR count). The first-order chi connectivity index (χ1) is 9.87. The Morgan fingerprint density at radius 2 is 2.29 bits per heavy atom. The quantitative estimate of drug-likeness (QED) is 0.808. The van der Waals surface area contributed by atoms with Gasteiger partial charge in [-0.1, -0.05) is 20.8 Å². The molecule has 1 heterocycles. The van der Waals surface area contributed by atoms with E-state index in [-0.39, 0.29) is 22.9 Å². The van der Waals surface area contributed by atoms with Gasteiger partial charge in [-0.2, -0.15) is 5.10 Å². The molecule has 1 aliphatic carbocycles. The van der Waals surface area contributed by atoms with Gasteiger partial charge in [0.15, 0.2) is 0 Å². The molecule has 21 heavy (non-hydrogen) atoms. The fraction of sp³-hybridized carbons (Fsp3) is 0.800. The zero-order valence-electron chi connectivity index (χ0n) is 13.2. The molecule has 1 aromatic heterocycles. The summed E-state index contributed by atoms with van der Waals surface area (Å²) in [6.45, 7) is 7.89. The van der Waals surface area contributed by atoms with Crippen LogP contribution >= 0.6 is 0 Å². The minimum Gasteiger partial charge on any atom is -0.356 e. The number of nitrogens with zero attached hydrogens (tertiary/aromatic N) is 2. The number of carbonyl (C=O) groups excluding carboxylic acids is 1. The number of rotatable bonds is 5. The Kier molecular flexibility index (Phi) is 4.85. The van der Waals surface area contributed by atoms with Gasteiger partial charge in [0.05, 0.1) is 0 Å². The molecule has 0 radical (unpaired) electrons. The third-order valence-corrected chi connectivity index (χ3v) is 4.25. The lowest BCUT2D eigenvalue weighted by Crippen LogP contribution is -2.38. The highest BCUT2D eigenvalue weighted by Crippen LogP contribution is 2.41. The second-order valence-electron chi connectivity index (χ2n) is 7.11. The monoisotopic (exact) mass is 294 g/mol. The largest absolute Gasteiger partial charge is 0.356 e. The number of hydrogen-bond donors (Lipinski definition) is 2. The summed E-state index contributed by atoms with van der Waals surface area (Å²) < 4.78 is 1.51. The van der Waals surface area contributed by atoms with Crippen LogP contribution in [0.25, 0.3) is 0 Å². The number of nitrogens with one attached hydrogen (secondary N) is 2. The maximum absolute atomic E-state index is 12.3. The second-order valence-corrected chi connectivity index (χ2v) is 7.11. The van der Waals surface area contributed by atoms with Crippen LogP contribution in [0.3, 0.4) is 0 Å². The Labute approximate surface area is 125 Å². The van der Waals surface area contributed by atoms with Gasteiger partial charge in [0, 0.05) is 19.0 Å². The van der Waals surface area contributed by atoms with Crippen LogP contribution in [0.2, 0.25) is 0 Å². The first-order valence-electron chi connectivity index (χ1n) is 7.75. The lowest BCUT2D eigenvalue weighted by molar-refractivity contribution is -0.128. The van der Waals surface area contributed by atoms with Crippen molar-refractivity contribution in [1.29, 1.82) is 0 Å². The summed E-state index contributed by atoms with van der Waals surface area (Å²) in [5.74, 6) is 0.892. The molecule has 1 saturated carbocycles. The molecule has 2 atom stereocenters. The maximum atomic E-state index is 12.3. The van der Waals surface area contributed by atoms with Crippen LogP contribution in [0.5, 0.6) is 0 Å². The van der Waals surface area contributed by atoms with Gasteiger partial charge in [-0.15, -0.1) is 0 Å². The molecule has 6 heteroatoms. The molecule has 2 N–H and O–H groups in total.